The summed E-state index contributed by atoms with van der Waals surface area (Å²) in [5.41, 5.74) is 1.29. The molecule has 0 amide bonds. The highest BCUT2D eigenvalue weighted by Gasteiger charge is 2.04. The third-order valence-electron chi connectivity index (χ3n) is 2.04. The van der Waals surface area contributed by atoms with Crippen molar-refractivity contribution in [2.75, 3.05) is 0 Å². The zero-order valence-corrected chi connectivity index (χ0v) is 7.11. The van der Waals surface area contributed by atoms with Gasteiger partial charge in [-0.3, -0.25) is 0 Å². The molecule has 1 heterocycles. The Hall–Kier alpha value is -1.77. The second kappa shape index (κ2) is 2.62. The molecule has 0 unspecified atom stereocenters. The van der Waals surface area contributed by atoms with Crippen LogP contribution in [-0.2, 0) is 7.05 Å². The van der Waals surface area contributed by atoms with E-state index in [2.05, 4.69) is 6.07 Å². The monoisotopic (exact) mass is 174 g/mol. The fourth-order valence-corrected chi connectivity index (χ4v) is 1.33. The molecular formula is C10H8NO2. The van der Waals surface area contributed by atoms with E-state index in [1.165, 1.54) is 0 Å². The molecule has 0 atom stereocenters. The quantitative estimate of drug-likeness (QED) is 0.714. The zero-order chi connectivity index (χ0) is 9.42. The minimum absolute atomic E-state index is 0.301. The molecule has 2 rings (SSSR count). The molecule has 3 heteroatoms. The van der Waals surface area contributed by atoms with Gasteiger partial charge in [-0.15, -0.1) is 0 Å². The fraction of sp³-hybridized carbons (Fsp3) is 0.100. The smallest absolute Gasteiger partial charge is 0.335 e. The molecule has 1 aromatic carbocycles. The Morgan fingerprint density at radius 2 is 2.31 bits per heavy atom. The van der Waals surface area contributed by atoms with Crippen LogP contribution in [0.15, 0.2) is 24.4 Å². The van der Waals surface area contributed by atoms with Crippen LogP contribution in [0.5, 0.6) is 0 Å². The number of hydrogen-bond donors (Lipinski definition) is 1. The van der Waals surface area contributed by atoms with Crippen molar-refractivity contribution in [2.24, 2.45) is 7.05 Å². The lowest BCUT2D eigenvalue weighted by atomic mass is 10.1. The maximum Gasteiger partial charge on any atom is 0.335 e. The number of rotatable bonds is 1. The number of carboxylic acids is 1. The van der Waals surface area contributed by atoms with Crippen LogP contribution in [0.2, 0.25) is 0 Å². The van der Waals surface area contributed by atoms with Crippen molar-refractivity contribution in [1.82, 2.24) is 4.57 Å². The Balaban J connectivity index is 2.70. The second-order valence-electron chi connectivity index (χ2n) is 2.92. The van der Waals surface area contributed by atoms with E-state index in [-0.39, 0.29) is 0 Å². The highest BCUT2D eigenvalue weighted by Crippen LogP contribution is 2.15. The second-order valence-corrected chi connectivity index (χ2v) is 2.92. The summed E-state index contributed by atoms with van der Waals surface area (Å²) in [5, 5.41) is 9.57. The molecular weight excluding hydrogens is 166 g/mol. The first-order chi connectivity index (χ1) is 6.18. The van der Waals surface area contributed by atoms with Crippen molar-refractivity contribution >= 4 is 16.9 Å². The van der Waals surface area contributed by atoms with E-state index in [4.69, 9.17) is 5.11 Å². The number of hydrogen-bond acceptors (Lipinski definition) is 1. The van der Waals surface area contributed by atoms with Gasteiger partial charge in [-0.05, 0) is 18.2 Å². The van der Waals surface area contributed by atoms with Gasteiger partial charge in [0.2, 0.25) is 0 Å². The minimum atomic E-state index is -0.904. The van der Waals surface area contributed by atoms with Gasteiger partial charge in [0.25, 0.3) is 0 Å². The van der Waals surface area contributed by atoms with E-state index in [1.54, 1.807) is 24.4 Å². The summed E-state index contributed by atoms with van der Waals surface area (Å²) < 4.78 is 1.90. The van der Waals surface area contributed by atoms with Crippen molar-refractivity contribution in [3.8, 4) is 0 Å². The van der Waals surface area contributed by atoms with Gasteiger partial charge >= 0.3 is 5.97 Å². The van der Waals surface area contributed by atoms with Crippen LogP contribution in [0.1, 0.15) is 10.4 Å². The van der Waals surface area contributed by atoms with Gasteiger partial charge in [0.15, 0.2) is 0 Å². The molecule has 1 radical (unpaired) electrons. The molecule has 0 aliphatic carbocycles. The number of aromatic carboxylic acids is 1. The predicted octanol–water partition coefficient (Wildman–Crippen LogP) is 1.68. The first kappa shape index (κ1) is 7.86. The summed E-state index contributed by atoms with van der Waals surface area (Å²) in [6.45, 7) is 0. The fourth-order valence-electron chi connectivity index (χ4n) is 1.33. The van der Waals surface area contributed by atoms with Gasteiger partial charge in [-0.1, -0.05) is 0 Å². The summed E-state index contributed by atoms with van der Waals surface area (Å²) in [7, 11) is 1.90. The normalized spacial score (nSPS) is 10.5. The van der Waals surface area contributed by atoms with Crippen molar-refractivity contribution in [1.29, 1.82) is 0 Å². The number of aromatic nitrogens is 1. The number of nitrogens with zero attached hydrogens (tertiary/aromatic N) is 1. The first-order valence-corrected chi connectivity index (χ1v) is 3.88. The average Bonchev–Trinajstić information content (AvgIpc) is 2.47. The Morgan fingerprint density at radius 3 is 3.00 bits per heavy atom. The number of fused-ring (bicyclic) bond motifs is 1. The zero-order valence-electron chi connectivity index (χ0n) is 7.11. The summed E-state index contributed by atoms with van der Waals surface area (Å²) in [6.07, 6.45) is 1.79. The number of aryl methyl sites for hydroxylation is 1. The van der Waals surface area contributed by atoms with Crippen molar-refractivity contribution in [3.63, 3.8) is 0 Å². The van der Waals surface area contributed by atoms with Crippen molar-refractivity contribution < 1.29 is 9.90 Å². The van der Waals surface area contributed by atoms with E-state index in [1.807, 2.05) is 11.6 Å². The summed E-state index contributed by atoms with van der Waals surface area (Å²) in [5.74, 6) is -0.904. The highest BCUT2D eigenvalue weighted by atomic mass is 16.4. The molecule has 0 aliphatic heterocycles. The maximum absolute atomic E-state index is 10.6. The molecule has 1 aromatic heterocycles. The van der Waals surface area contributed by atoms with Gasteiger partial charge in [-0.25, -0.2) is 4.79 Å². The van der Waals surface area contributed by atoms with E-state index in [0.29, 0.717) is 5.56 Å². The summed E-state index contributed by atoms with van der Waals surface area (Å²) >= 11 is 0. The van der Waals surface area contributed by atoms with Crippen molar-refractivity contribution in [2.45, 2.75) is 0 Å². The molecule has 0 spiro atoms. The summed E-state index contributed by atoms with van der Waals surface area (Å²) in [6, 6.07) is 7.99. The van der Waals surface area contributed by atoms with Crippen LogP contribution in [-0.4, -0.2) is 15.6 Å². The Labute approximate surface area is 75.2 Å². The minimum Gasteiger partial charge on any atom is -0.478 e. The highest BCUT2D eigenvalue weighted by molar-refractivity contribution is 5.93. The molecule has 65 valence electrons. The van der Waals surface area contributed by atoms with E-state index in [9.17, 15) is 4.79 Å². The topological polar surface area (TPSA) is 42.2 Å². The standard InChI is InChI=1S/C10H8NO2/c1-11-5-4-7-6-8(10(12)13)2-3-9(7)11/h2-3,5-6H,1H3,(H,12,13). The predicted molar refractivity (Wildman–Crippen MR) is 48.7 cm³/mol. The SMILES string of the molecule is Cn1c[c]c2cc(C(=O)O)ccc21. The van der Waals surface area contributed by atoms with Gasteiger partial charge in [0.1, 0.15) is 0 Å². The van der Waals surface area contributed by atoms with Gasteiger partial charge < -0.3 is 9.67 Å². The molecule has 13 heavy (non-hydrogen) atoms. The molecule has 0 aliphatic rings. The van der Waals surface area contributed by atoms with Crippen LogP contribution in [0, 0.1) is 6.07 Å². The third kappa shape index (κ3) is 1.18. The number of benzene rings is 1. The van der Waals surface area contributed by atoms with Gasteiger partial charge in [-0.2, -0.15) is 0 Å². The molecule has 3 nitrogen and oxygen atoms in total. The van der Waals surface area contributed by atoms with E-state index >= 15 is 0 Å². The molecule has 1 N–H and O–H groups in total. The lowest BCUT2D eigenvalue weighted by Gasteiger charge is -1.96. The maximum atomic E-state index is 10.6. The Morgan fingerprint density at radius 1 is 1.54 bits per heavy atom. The van der Waals surface area contributed by atoms with Crippen LogP contribution in [0.3, 0.4) is 0 Å². The van der Waals surface area contributed by atoms with Crippen LogP contribution < -0.4 is 0 Å². The van der Waals surface area contributed by atoms with Gasteiger partial charge in [0.05, 0.1) is 5.56 Å². The van der Waals surface area contributed by atoms with Crippen molar-refractivity contribution in [3.05, 3.63) is 36.0 Å². The van der Waals surface area contributed by atoms with Crippen LogP contribution >= 0.6 is 0 Å². The molecule has 0 bridgehead atoms. The number of carboxylic acid groups (broad SMARTS) is 1. The van der Waals surface area contributed by atoms with E-state index < -0.39 is 5.97 Å². The van der Waals surface area contributed by atoms with Crippen LogP contribution in [0.4, 0.5) is 0 Å². The lowest BCUT2D eigenvalue weighted by Crippen LogP contribution is -1.95. The van der Waals surface area contributed by atoms with E-state index in [0.717, 1.165) is 10.9 Å². The third-order valence-corrected chi connectivity index (χ3v) is 2.04. The lowest BCUT2D eigenvalue weighted by molar-refractivity contribution is 0.0697. The summed E-state index contributed by atoms with van der Waals surface area (Å²) in [4.78, 5) is 10.6. The van der Waals surface area contributed by atoms with Crippen LogP contribution in [0.25, 0.3) is 10.9 Å². The largest absolute Gasteiger partial charge is 0.478 e. The molecule has 2 aromatic rings. The molecule has 0 fully saturated rings. The Bertz CT molecular complexity index is 471. The number of carbonyl (C=O) groups is 1. The molecule has 0 saturated carbocycles. The average molecular weight is 174 g/mol. The Kier molecular flexibility index (Phi) is 1.59. The molecule has 0 saturated heterocycles. The van der Waals surface area contributed by atoms with Gasteiger partial charge in [0, 0.05) is 30.2 Å². The first-order valence-electron chi connectivity index (χ1n) is 3.88.